The van der Waals surface area contributed by atoms with Crippen LogP contribution in [-0.4, -0.2) is 44.8 Å². The zero-order valence-electron chi connectivity index (χ0n) is 16.7. The van der Waals surface area contributed by atoms with Gasteiger partial charge in [-0.1, -0.05) is 68.5 Å². The van der Waals surface area contributed by atoms with Crippen LogP contribution in [0.4, 0.5) is 0 Å². The van der Waals surface area contributed by atoms with Crippen molar-refractivity contribution in [2.24, 2.45) is 0 Å². The Kier molecular flexibility index (Phi) is 6.63. The monoisotopic (exact) mass is 387 g/mol. The number of nitrogens with zero attached hydrogens (tertiary/aromatic N) is 1. The quantitative estimate of drug-likeness (QED) is 0.802. The van der Waals surface area contributed by atoms with Gasteiger partial charge in [0.05, 0.1) is 6.26 Å². The zero-order valence-corrected chi connectivity index (χ0v) is 17.5. The smallest absolute Gasteiger partial charge is 0.261 e. The Bertz CT molecular complexity index is 869. The Morgan fingerprint density at radius 2 is 1.37 bits per heavy atom. The van der Waals surface area contributed by atoms with E-state index in [4.69, 9.17) is 4.55 Å². The van der Waals surface area contributed by atoms with E-state index in [0.717, 1.165) is 13.0 Å². The van der Waals surface area contributed by atoms with Crippen molar-refractivity contribution in [1.29, 1.82) is 0 Å². The van der Waals surface area contributed by atoms with Crippen molar-refractivity contribution in [2.75, 3.05) is 26.9 Å². The number of hydrogen-bond acceptors (Lipinski definition) is 3. The first-order valence-electron chi connectivity index (χ1n) is 8.99. The molecule has 1 aliphatic rings. The molecule has 0 saturated carbocycles. The summed E-state index contributed by atoms with van der Waals surface area (Å²) in [4.78, 5) is 2.24. The van der Waals surface area contributed by atoms with Crippen LogP contribution in [0.2, 0.25) is 0 Å². The van der Waals surface area contributed by atoms with Crippen LogP contribution in [0.1, 0.15) is 42.5 Å². The Hall–Kier alpha value is -1.95. The van der Waals surface area contributed by atoms with Gasteiger partial charge in [0.1, 0.15) is 0 Å². The number of rotatable bonds is 3. The summed E-state index contributed by atoms with van der Waals surface area (Å²) in [5.74, 6) is 0. The summed E-state index contributed by atoms with van der Waals surface area (Å²) in [6.07, 6.45) is 4.20. The molecule has 0 spiro atoms. The molecule has 146 valence electrons. The molecule has 0 unspecified atom stereocenters. The molecule has 0 fully saturated rings. The van der Waals surface area contributed by atoms with E-state index in [1.807, 2.05) is 0 Å². The molecule has 2 aromatic carbocycles. The topological polar surface area (TPSA) is 57.6 Å². The average Bonchev–Trinajstić information content (AvgIpc) is 2.56. The molecule has 0 radical (unpaired) electrons. The normalized spacial score (nSPS) is 14.7. The fraction of sp³-hybridized carbons (Fsp3) is 0.364. The third kappa shape index (κ3) is 5.51. The first kappa shape index (κ1) is 21.4. The van der Waals surface area contributed by atoms with Crippen LogP contribution in [0, 0.1) is 0 Å². The third-order valence-electron chi connectivity index (χ3n) is 4.71. The predicted molar refractivity (Wildman–Crippen MR) is 113 cm³/mol. The van der Waals surface area contributed by atoms with Gasteiger partial charge < -0.3 is 4.90 Å². The Morgan fingerprint density at radius 1 is 0.963 bits per heavy atom. The molecule has 0 aromatic heterocycles. The highest BCUT2D eigenvalue weighted by atomic mass is 32.2. The molecule has 27 heavy (non-hydrogen) atoms. The summed E-state index contributed by atoms with van der Waals surface area (Å²) in [5, 5.41) is 0. The van der Waals surface area contributed by atoms with Crippen LogP contribution in [0.15, 0.2) is 54.6 Å². The molecular formula is C22H29NO3S. The van der Waals surface area contributed by atoms with E-state index in [2.05, 4.69) is 87.4 Å². The second kappa shape index (κ2) is 8.38. The first-order valence-corrected chi connectivity index (χ1v) is 10.8. The maximum absolute atomic E-state index is 9.19. The van der Waals surface area contributed by atoms with E-state index in [9.17, 15) is 8.42 Å². The molecule has 5 heteroatoms. The molecule has 1 N–H and O–H groups in total. The largest absolute Gasteiger partial charge is 0.309 e. The van der Waals surface area contributed by atoms with Gasteiger partial charge in [-0.25, -0.2) is 0 Å². The minimum absolute atomic E-state index is 0.0616. The van der Waals surface area contributed by atoms with Gasteiger partial charge in [0, 0.05) is 12.0 Å². The van der Waals surface area contributed by atoms with Gasteiger partial charge in [-0.2, -0.15) is 8.42 Å². The number of hydrogen-bond donors (Lipinski definition) is 1. The lowest BCUT2D eigenvalue weighted by Gasteiger charge is -2.36. The maximum atomic E-state index is 9.19. The molecule has 0 saturated heterocycles. The van der Waals surface area contributed by atoms with Crippen molar-refractivity contribution in [2.45, 2.75) is 25.7 Å². The highest BCUT2D eigenvalue weighted by molar-refractivity contribution is 7.85. The Labute approximate surface area is 163 Å². The summed E-state index contributed by atoms with van der Waals surface area (Å²) >= 11 is 0. The minimum atomic E-state index is -3.67. The van der Waals surface area contributed by atoms with E-state index in [1.165, 1.54) is 27.8 Å². The zero-order chi connectivity index (χ0) is 20.2. The van der Waals surface area contributed by atoms with Crippen LogP contribution in [0.25, 0.3) is 5.57 Å². The molecule has 3 rings (SSSR count). The first-order chi connectivity index (χ1) is 12.5. The van der Waals surface area contributed by atoms with Crippen LogP contribution in [0.5, 0.6) is 0 Å². The molecule has 2 aromatic rings. The summed E-state index contributed by atoms with van der Waals surface area (Å²) in [7, 11) is 0.592. The van der Waals surface area contributed by atoms with Crippen molar-refractivity contribution >= 4 is 15.7 Å². The van der Waals surface area contributed by atoms with Crippen molar-refractivity contribution in [3.05, 3.63) is 76.9 Å². The minimum Gasteiger partial charge on any atom is -0.309 e. The molecule has 1 aliphatic carbocycles. The molecule has 0 aliphatic heterocycles. The van der Waals surface area contributed by atoms with Crippen molar-refractivity contribution in [1.82, 2.24) is 4.90 Å². The fourth-order valence-corrected chi connectivity index (χ4v) is 3.50. The molecular weight excluding hydrogens is 358 g/mol. The van der Waals surface area contributed by atoms with Gasteiger partial charge in [-0.3, -0.25) is 4.55 Å². The Balaban J connectivity index is 0.000000465. The third-order valence-corrected chi connectivity index (χ3v) is 4.71. The lowest BCUT2D eigenvalue weighted by Crippen LogP contribution is -2.26. The number of fused-ring (bicyclic) bond motifs is 2. The molecule has 0 bridgehead atoms. The lowest BCUT2D eigenvalue weighted by atomic mass is 9.67. The van der Waals surface area contributed by atoms with Crippen LogP contribution in [-0.2, 0) is 15.5 Å². The summed E-state index contributed by atoms with van der Waals surface area (Å²) in [6.45, 7) is 5.75. The number of benzene rings is 2. The SMILES string of the molecule is CN(C)CCC=C1c2ccccc2C(C)(C)c2ccccc21.CS(=O)(=O)O. The summed E-state index contributed by atoms with van der Waals surface area (Å²) in [5.41, 5.74) is 7.11. The van der Waals surface area contributed by atoms with Gasteiger partial charge in [0.2, 0.25) is 0 Å². The molecule has 0 amide bonds. The molecule has 0 atom stereocenters. The predicted octanol–water partition coefficient (Wildman–Crippen LogP) is 4.21. The van der Waals surface area contributed by atoms with Gasteiger partial charge in [-0.05, 0) is 48.3 Å². The van der Waals surface area contributed by atoms with E-state index in [0.29, 0.717) is 6.26 Å². The van der Waals surface area contributed by atoms with Gasteiger partial charge in [0.25, 0.3) is 10.1 Å². The van der Waals surface area contributed by atoms with E-state index in [-0.39, 0.29) is 5.41 Å². The second-order valence-electron chi connectivity index (χ2n) is 7.66. The highest BCUT2D eigenvalue weighted by Crippen LogP contribution is 2.46. The fourth-order valence-electron chi connectivity index (χ4n) is 3.50. The highest BCUT2D eigenvalue weighted by Gasteiger charge is 2.33. The second-order valence-corrected chi connectivity index (χ2v) is 9.12. The van der Waals surface area contributed by atoms with Crippen LogP contribution < -0.4 is 0 Å². The molecule has 0 heterocycles. The standard InChI is InChI=1S/C21H25N.CH4O3S/c1-21(2)19-13-7-5-10-17(19)16(12-9-15-22(3)4)18-11-6-8-14-20(18)21;1-5(2,3)4/h5-8,10-14H,9,15H2,1-4H3;1H3,(H,2,3,4). The van der Waals surface area contributed by atoms with E-state index in [1.54, 1.807) is 0 Å². The van der Waals surface area contributed by atoms with Crippen molar-refractivity contribution < 1.29 is 13.0 Å². The van der Waals surface area contributed by atoms with Gasteiger partial charge >= 0.3 is 0 Å². The summed E-state index contributed by atoms with van der Waals surface area (Å²) in [6, 6.07) is 17.7. The van der Waals surface area contributed by atoms with Gasteiger partial charge in [0.15, 0.2) is 0 Å². The summed E-state index contributed by atoms with van der Waals surface area (Å²) < 4.78 is 25.9. The Morgan fingerprint density at radius 3 is 1.78 bits per heavy atom. The molecule has 4 nitrogen and oxygen atoms in total. The maximum Gasteiger partial charge on any atom is 0.261 e. The van der Waals surface area contributed by atoms with Crippen molar-refractivity contribution in [3.63, 3.8) is 0 Å². The van der Waals surface area contributed by atoms with Gasteiger partial charge in [-0.15, -0.1) is 0 Å². The van der Waals surface area contributed by atoms with E-state index < -0.39 is 10.1 Å². The average molecular weight is 388 g/mol. The lowest BCUT2D eigenvalue weighted by molar-refractivity contribution is 0.417. The van der Waals surface area contributed by atoms with Crippen LogP contribution in [0.3, 0.4) is 0 Å². The van der Waals surface area contributed by atoms with Crippen LogP contribution >= 0.6 is 0 Å². The van der Waals surface area contributed by atoms with Crippen molar-refractivity contribution in [3.8, 4) is 0 Å². The van der Waals surface area contributed by atoms with E-state index >= 15 is 0 Å².